The molecule has 30 heavy (non-hydrogen) atoms. The Morgan fingerprint density at radius 3 is 2.63 bits per heavy atom. The van der Waals surface area contributed by atoms with Crippen LogP contribution in [0.15, 0.2) is 36.5 Å². The number of hydrogen-bond donors (Lipinski definition) is 1. The van der Waals surface area contributed by atoms with Crippen molar-refractivity contribution in [3.8, 4) is 5.75 Å². The van der Waals surface area contributed by atoms with E-state index >= 15 is 0 Å². The molecule has 0 aliphatic rings. The third-order valence-corrected chi connectivity index (χ3v) is 6.14. The van der Waals surface area contributed by atoms with E-state index in [1.165, 1.54) is 31.5 Å². The number of carbonyl (C=O) groups is 1. The number of nitrogens with zero attached hydrogens (tertiary/aromatic N) is 1. The number of anilines is 1. The molecule has 0 bridgehead atoms. The van der Waals surface area contributed by atoms with Crippen LogP contribution in [0, 0.1) is 11.6 Å². The van der Waals surface area contributed by atoms with Crippen LogP contribution >= 0.6 is 11.6 Å². The molecule has 0 unspecified atom stereocenters. The summed E-state index contributed by atoms with van der Waals surface area (Å²) in [5.41, 5.74) is -0.588. The number of sulfonamides is 1. The van der Waals surface area contributed by atoms with Crippen molar-refractivity contribution in [2.75, 3.05) is 17.6 Å². The smallest absolute Gasteiger partial charge is 0.232 e. The van der Waals surface area contributed by atoms with Gasteiger partial charge in [0.1, 0.15) is 5.75 Å². The van der Waals surface area contributed by atoms with Crippen molar-refractivity contribution in [1.29, 1.82) is 0 Å². The Balaban J connectivity index is 2.10. The number of ether oxygens (including phenoxy) is 1. The first-order valence-corrected chi connectivity index (χ1v) is 10.9. The number of ketones is 1. The summed E-state index contributed by atoms with van der Waals surface area (Å²) in [4.78, 5) is 17.1. The molecule has 1 N–H and O–H groups in total. The van der Waals surface area contributed by atoms with E-state index in [1.54, 1.807) is 13.0 Å². The van der Waals surface area contributed by atoms with Gasteiger partial charge in [-0.05, 0) is 30.7 Å². The molecule has 0 radical (unpaired) electrons. The van der Waals surface area contributed by atoms with Crippen LogP contribution in [0.4, 0.5) is 14.5 Å². The van der Waals surface area contributed by atoms with E-state index in [9.17, 15) is 22.0 Å². The van der Waals surface area contributed by atoms with Gasteiger partial charge < -0.3 is 4.74 Å². The van der Waals surface area contributed by atoms with Gasteiger partial charge in [-0.25, -0.2) is 17.2 Å². The topological polar surface area (TPSA) is 85.4 Å². The Morgan fingerprint density at radius 1 is 1.23 bits per heavy atom. The molecule has 0 atom stereocenters. The molecular weight excluding hydrogens is 438 g/mol. The molecule has 158 valence electrons. The average molecular weight is 455 g/mol. The summed E-state index contributed by atoms with van der Waals surface area (Å²) in [7, 11) is -2.38. The standard InChI is InChI=1S/C20H17ClF2N2O4S/c1-3-6-30(27,28)25-16-9-14(22)19(23)17(18(16)21)20(26)11-4-5-15-12(7-11)8-13(29-2)10-24-15/h4-5,7-10,25H,3,6H2,1-2H3. The van der Waals surface area contributed by atoms with E-state index in [1.807, 2.05) is 0 Å². The van der Waals surface area contributed by atoms with Crippen molar-refractivity contribution in [2.24, 2.45) is 0 Å². The minimum atomic E-state index is -3.84. The molecule has 10 heteroatoms. The zero-order valence-corrected chi connectivity index (χ0v) is 17.6. The second kappa shape index (κ2) is 8.53. The van der Waals surface area contributed by atoms with Crippen LogP contribution in [0.3, 0.4) is 0 Å². The van der Waals surface area contributed by atoms with Crippen molar-refractivity contribution >= 4 is 44.0 Å². The Hall–Kier alpha value is -2.78. The molecule has 1 aromatic heterocycles. The molecule has 3 rings (SSSR count). The average Bonchev–Trinajstić information content (AvgIpc) is 2.70. The molecular formula is C20H17ClF2N2O4S. The lowest BCUT2D eigenvalue weighted by atomic mass is 10.00. The first-order chi connectivity index (χ1) is 14.2. The number of halogens is 3. The summed E-state index contributed by atoms with van der Waals surface area (Å²) >= 11 is 6.12. The number of methoxy groups -OCH3 is 1. The van der Waals surface area contributed by atoms with Crippen LogP contribution in [0.5, 0.6) is 5.75 Å². The van der Waals surface area contributed by atoms with Crippen LogP contribution in [-0.4, -0.2) is 32.0 Å². The largest absolute Gasteiger partial charge is 0.495 e. The lowest BCUT2D eigenvalue weighted by Gasteiger charge is -2.13. The summed E-state index contributed by atoms with van der Waals surface area (Å²) in [6.45, 7) is 1.64. The van der Waals surface area contributed by atoms with E-state index in [0.29, 0.717) is 29.1 Å². The van der Waals surface area contributed by atoms with Crippen molar-refractivity contribution < 1.29 is 26.7 Å². The third kappa shape index (κ3) is 4.36. The van der Waals surface area contributed by atoms with Gasteiger partial charge in [-0.2, -0.15) is 0 Å². The highest BCUT2D eigenvalue weighted by Crippen LogP contribution is 2.33. The number of hydrogen-bond acceptors (Lipinski definition) is 5. The van der Waals surface area contributed by atoms with Gasteiger partial charge in [0.25, 0.3) is 0 Å². The summed E-state index contributed by atoms with van der Waals surface area (Å²) < 4.78 is 59.9. The van der Waals surface area contributed by atoms with E-state index < -0.39 is 43.7 Å². The van der Waals surface area contributed by atoms with Crippen LogP contribution < -0.4 is 9.46 Å². The molecule has 0 saturated carbocycles. The first kappa shape index (κ1) is 21.9. The quantitative estimate of drug-likeness (QED) is 0.418. The number of carbonyl (C=O) groups excluding carboxylic acids is 1. The second-order valence-electron chi connectivity index (χ2n) is 6.44. The van der Waals surface area contributed by atoms with Gasteiger partial charge in [0.2, 0.25) is 10.0 Å². The summed E-state index contributed by atoms with van der Waals surface area (Å²) in [5, 5.41) is 0.0134. The Morgan fingerprint density at radius 2 is 1.97 bits per heavy atom. The minimum absolute atomic E-state index is 0.0197. The minimum Gasteiger partial charge on any atom is -0.495 e. The normalized spacial score (nSPS) is 11.5. The zero-order chi connectivity index (χ0) is 22.1. The predicted octanol–water partition coefficient (Wildman–Crippen LogP) is 4.56. The lowest BCUT2D eigenvalue weighted by Crippen LogP contribution is -2.18. The van der Waals surface area contributed by atoms with E-state index in [4.69, 9.17) is 16.3 Å². The molecule has 0 fully saturated rings. The third-order valence-electron chi connectivity index (χ3n) is 4.28. The van der Waals surface area contributed by atoms with Crippen LogP contribution in [0.25, 0.3) is 10.9 Å². The van der Waals surface area contributed by atoms with Crippen molar-refractivity contribution in [2.45, 2.75) is 13.3 Å². The fraction of sp³-hybridized carbons (Fsp3) is 0.200. The SMILES string of the molecule is CCCS(=O)(=O)Nc1cc(F)c(F)c(C(=O)c2ccc3ncc(OC)cc3c2)c1Cl. The van der Waals surface area contributed by atoms with Gasteiger partial charge >= 0.3 is 0 Å². The van der Waals surface area contributed by atoms with Gasteiger partial charge in [0.15, 0.2) is 17.4 Å². The number of fused-ring (bicyclic) bond motifs is 1. The fourth-order valence-corrected chi connectivity index (χ4v) is 4.34. The van der Waals surface area contributed by atoms with Gasteiger partial charge in [0.05, 0.1) is 40.8 Å². The van der Waals surface area contributed by atoms with E-state index in [0.717, 1.165) is 0 Å². The van der Waals surface area contributed by atoms with Gasteiger partial charge in [0, 0.05) is 17.0 Å². The highest BCUT2D eigenvalue weighted by Gasteiger charge is 2.26. The molecule has 3 aromatic rings. The van der Waals surface area contributed by atoms with Gasteiger partial charge in [-0.3, -0.25) is 14.5 Å². The predicted molar refractivity (Wildman–Crippen MR) is 111 cm³/mol. The Kier molecular flexibility index (Phi) is 6.23. The molecule has 2 aromatic carbocycles. The first-order valence-electron chi connectivity index (χ1n) is 8.83. The molecule has 0 amide bonds. The number of benzene rings is 2. The summed E-state index contributed by atoms with van der Waals surface area (Å²) in [5.74, 6) is -3.56. The molecule has 0 saturated heterocycles. The van der Waals surface area contributed by atoms with Crippen molar-refractivity contribution in [3.05, 3.63) is 64.3 Å². The maximum absolute atomic E-state index is 14.5. The Labute approximate surface area is 176 Å². The molecule has 6 nitrogen and oxygen atoms in total. The number of nitrogens with one attached hydrogen (secondary N) is 1. The summed E-state index contributed by atoms with van der Waals surface area (Å²) in [6.07, 6.45) is 1.80. The van der Waals surface area contributed by atoms with Gasteiger partial charge in [-0.15, -0.1) is 0 Å². The second-order valence-corrected chi connectivity index (χ2v) is 8.66. The molecule has 0 spiro atoms. The lowest BCUT2D eigenvalue weighted by molar-refractivity contribution is 0.103. The maximum atomic E-state index is 14.5. The maximum Gasteiger partial charge on any atom is 0.232 e. The monoisotopic (exact) mass is 454 g/mol. The number of aromatic nitrogens is 1. The number of rotatable bonds is 7. The highest BCUT2D eigenvalue weighted by molar-refractivity contribution is 7.92. The number of pyridine rings is 1. The van der Waals surface area contributed by atoms with Crippen molar-refractivity contribution in [3.63, 3.8) is 0 Å². The zero-order valence-electron chi connectivity index (χ0n) is 16.0. The van der Waals surface area contributed by atoms with E-state index in [2.05, 4.69) is 9.71 Å². The highest BCUT2D eigenvalue weighted by atomic mass is 35.5. The van der Waals surface area contributed by atoms with Crippen LogP contribution in [0.2, 0.25) is 5.02 Å². The van der Waals surface area contributed by atoms with Gasteiger partial charge in [-0.1, -0.05) is 18.5 Å². The van der Waals surface area contributed by atoms with Crippen LogP contribution in [0.1, 0.15) is 29.3 Å². The van der Waals surface area contributed by atoms with Crippen molar-refractivity contribution in [1.82, 2.24) is 4.98 Å². The summed E-state index contributed by atoms with van der Waals surface area (Å²) in [6, 6.07) is 6.61. The fourth-order valence-electron chi connectivity index (χ4n) is 2.87. The van der Waals surface area contributed by atoms with Crippen LogP contribution in [-0.2, 0) is 10.0 Å². The van der Waals surface area contributed by atoms with E-state index in [-0.39, 0.29) is 11.3 Å². The molecule has 1 heterocycles. The molecule has 0 aliphatic carbocycles. The Bertz CT molecular complexity index is 1250. The molecule has 0 aliphatic heterocycles.